The molecule has 26 heavy (non-hydrogen) atoms. The van der Waals surface area contributed by atoms with Crippen LogP contribution in [0.1, 0.15) is 13.8 Å². The van der Waals surface area contributed by atoms with Crippen LogP contribution >= 0.6 is 23.5 Å². The first-order valence-electron chi connectivity index (χ1n) is 8.21. The van der Waals surface area contributed by atoms with Crippen LogP contribution in [-0.2, 0) is 13.6 Å². The van der Waals surface area contributed by atoms with Gasteiger partial charge < -0.3 is 13.5 Å². The van der Waals surface area contributed by atoms with Crippen LogP contribution in [-0.4, -0.2) is 13.2 Å². The number of benzene rings is 2. The Hall–Kier alpha value is -1.72. The van der Waals surface area contributed by atoms with Crippen LogP contribution in [0.2, 0.25) is 0 Å². The Morgan fingerprint density at radius 3 is 2.23 bits per heavy atom. The summed E-state index contributed by atoms with van der Waals surface area (Å²) in [6.45, 7) is 3.69. The van der Waals surface area contributed by atoms with Crippen LogP contribution in [0.3, 0.4) is 0 Å². The molecular formula is C19H18BrO5P. The molecule has 0 aliphatic carbocycles. The highest BCUT2D eigenvalue weighted by molar-refractivity contribution is 9.10. The molecule has 0 bridgehead atoms. The van der Waals surface area contributed by atoms with Crippen LogP contribution in [0, 0.1) is 0 Å². The molecule has 1 heterocycles. The topological polar surface area (TPSA) is 65.7 Å². The molecule has 0 spiro atoms. The Morgan fingerprint density at radius 2 is 1.62 bits per heavy atom. The maximum Gasteiger partial charge on any atom is 0.369 e. The predicted octanol–water partition coefficient (Wildman–Crippen LogP) is 5.11. The molecule has 7 heteroatoms. The van der Waals surface area contributed by atoms with Crippen LogP contribution in [0.15, 0.2) is 62.2 Å². The van der Waals surface area contributed by atoms with Crippen molar-refractivity contribution in [3.63, 3.8) is 0 Å². The monoisotopic (exact) mass is 436 g/mol. The zero-order valence-electron chi connectivity index (χ0n) is 14.4. The first-order chi connectivity index (χ1) is 12.5. The normalized spacial score (nSPS) is 11.8. The summed E-state index contributed by atoms with van der Waals surface area (Å²) in [5, 5.41) is 0.269. The summed E-state index contributed by atoms with van der Waals surface area (Å²) < 4.78 is 31.2. The van der Waals surface area contributed by atoms with Crippen molar-refractivity contribution in [2.45, 2.75) is 13.8 Å². The lowest BCUT2D eigenvalue weighted by molar-refractivity contribution is 0.229. The Kier molecular flexibility index (Phi) is 5.78. The highest BCUT2D eigenvalue weighted by Crippen LogP contribution is 2.48. The molecule has 1 aromatic heterocycles. The fourth-order valence-electron chi connectivity index (χ4n) is 2.68. The number of para-hydroxylation sites is 1. The van der Waals surface area contributed by atoms with Crippen molar-refractivity contribution in [1.29, 1.82) is 0 Å². The summed E-state index contributed by atoms with van der Waals surface area (Å²) >= 11 is 3.38. The fourth-order valence-corrected chi connectivity index (χ4v) is 4.75. The van der Waals surface area contributed by atoms with Crippen LogP contribution in [0.25, 0.3) is 22.3 Å². The molecule has 0 fully saturated rings. The van der Waals surface area contributed by atoms with E-state index in [1.54, 1.807) is 50.2 Å². The van der Waals surface area contributed by atoms with E-state index in [2.05, 4.69) is 15.9 Å². The molecule has 0 amide bonds. The Bertz CT molecular complexity index is 1020. The summed E-state index contributed by atoms with van der Waals surface area (Å²) in [6, 6.07) is 14.1. The van der Waals surface area contributed by atoms with E-state index in [-0.39, 0.29) is 24.3 Å². The minimum Gasteiger partial charge on any atom is -0.455 e. The third-order valence-corrected chi connectivity index (χ3v) is 6.43. The molecule has 0 N–H and O–H groups in total. The second-order valence-corrected chi connectivity index (χ2v) is 8.32. The van der Waals surface area contributed by atoms with Crippen LogP contribution < -0.4 is 10.7 Å². The van der Waals surface area contributed by atoms with Gasteiger partial charge in [0.15, 0.2) is 11.1 Å². The molecule has 2 aromatic carbocycles. The Balaban J connectivity index is 2.39. The molecule has 0 radical (unpaired) electrons. The molecule has 5 nitrogen and oxygen atoms in total. The number of fused-ring (bicyclic) bond motifs is 1. The highest BCUT2D eigenvalue weighted by Gasteiger charge is 2.36. The molecule has 0 saturated carbocycles. The van der Waals surface area contributed by atoms with Gasteiger partial charge in [-0.15, -0.1) is 0 Å². The van der Waals surface area contributed by atoms with E-state index >= 15 is 0 Å². The van der Waals surface area contributed by atoms with Gasteiger partial charge in [0.2, 0.25) is 5.43 Å². The van der Waals surface area contributed by atoms with Crippen molar-refractivity contribution < 1.29 is 18.0 Å². The Morgan fingerprint density at radius 1 is 1.00 bits per heavy atom. The fraction of sp³-hybridized carbons (Fsp3) is 0.211. The van der Waals surface area contributed by atoms with Gasteiger partial charge in [-0.2, -0.15) is 0 Å². The average Bonchev–Trinajstić information content (AvgIpc) is 2.62. The molecule has 0 aliphatic rings. The van der Waals surface area contributed by atoms with Gasteiger partial charge in [-0.25, -0.2) is 0 Å². The SMILES string of the molecule is CCOP(=O)(OCC)c1c(-c2ccc(Br)cc2)oc2ccccc2c1=O. The molecule has 136 valence electrons. The minimum atomic E-state index is -3.85. The van der Waals surface area contributed by atoms with Crippen molar-refractivity contribution in [3.8, 4) is 11.3 Å². The van der Waals surface area contributed by atoms with E-state index in [1.165, 1.54) is 0 Å². The highest BCUT2D eigenvalue weighted by atomic mass is 79.9. The van der Waals surface area contributed by atoms with Gasteiger partial charge in [0.25, 0.3) is 0 Å². The van der Waals surface area contributed by atoms with E-state index in [9.17, 15) is 9.36 Å². The molecule has 0 aliphatic heterocycles. The smallest absolute Gasteiger partial charge is 0.369 e. The van der Waals surface area contributed by atoms with Gasteiger partial charge in [0.1, 0.15) is 5.58 Å². The number of rotatable bonds is 6. The van der Waals surface area contributed by atoms with Gasteiger partial charge in [-0.3, -0.25) is 9.36 Å². The third-order valence-electron chi connectivity index (χ3n) is 3.75. The predicted molar refractivity (Wildman–Crippen MR) is 106 cm³/mol. The zero-order valence-corrected chi connectivity index (χ0v) is 16.9. The summed E-state index contributed by atoms with van der Waals surface area (Å²) in [7, 11) is -3.85. The first-order valence-corrected chi connectivity index (χ1v) is 10.5. The third kappa shape index (κ3) is 3.55. The van der Waals surface area contributed by atoms with Crippen molar-refractivity contribution in [2.24, 2.45) is 0 Å². The standard InChI is InChI=1S/C19H18BrO5P/c1-3-23-26(22,24-4-2)19-17(21)15-7-5-6-8-16(15)25-18(19)13-9-11-14(20)12-10-13/h5-12H,3-4H2,1-2H3. The largest absolute Gasteiger partial charge is 0.455 e. The summed E-state index contributed by atoms with van der Waals surface area (Å²) in [5.41, 5.74) is 0.624. The molecule has 0 saturated heterocycles. The van der Waals surface area contributed by atoms with Crippen molar-refractivity contribution in [2.75, 3.05) is 13.2 Å². The molecule has 0 unspecified atom stereocenters. The maximum atomic E-state index is 13.4. The quantitative estimate of drug-likeness (QED) is 0.502. The minimum absolute atomic E-state index is 0.0674. The molecule has 3 aromatic rings. The van der Waals surface area contributed by atoms with Gasteiger partial charge in [-0.05, 0) is 38.1 Å². The second-order valence-electron chi connectivity index (χ2n) is 5.44. The van der Waals surface area contributed by atoms with E-state index in [4.69, 9.17) is 13.5 Å². The van der Waals surface area contributed by atoms with Gasteiger partial charge in [0, 0.05) is 10.0 Å². The van der Waals surface area contributed by atoms with E-state index in [0.717, 1.165) is 4.47 Å². The lowest BCUT2D eigenvalue weighted by Crippen LogP contribution is -2.29. The summed E-state index contributed by atoms with van der Waals surface area (Å²) in [6.07, 6.45) is 0. The average molecular weight is 437 g/mol. The Labute approximate surface area is 159 Å². The van der Waals surface area contributed by atoms with Gasteiger partial charge in [-0.1, -0.05) is 40.2 Å². The molecule has 3 rings (SSSR count). The molecule has 0 atom stereocenters. The number of halogens is 1. The van der Waals surface area contributed by atoms with E-state index < -0.39 is 13.0 Å². The van der Waals surface area contributed by atoms with Crippen molar-refractivity contribution in [1.82, 2.24) is 0 Å². The van der Waals surface area contributed by atoms with Gasteiger partial charge in [0.05, 0.1) is 18.6 Å². The lowest BCUT2D eigenvalue weighted by Gasteiger charge is -2.19. The van der Waals surface area contributed by atoms with Crippen LogP contribution in [0.4, 0.5) is 0 Å². The van der Waals surface area contributed by atoms with Gasteiger partial charge >= 0.3 is 7.60 Å². The van der Waals surface area contributed by atoms with E-state index in [0.29, 0.717) is 16.5 Å². The first kappa shape index (κ1) is 19.1. The lowest BCUT2D eigenvalue weighted by atomic mass is 10.1. The second kappa shape index (κ2) is 7.89. The number of hydrogen-bond donors (Lipinski definition) is 0. The zero-order chi connectivity index (χ0) is 18.7. The number of hydrogen-bond acceptors (Lipinski definition) is 5. The van der Waals surface area contributed by atoms with Crippen molar-refractivity contribution in [3.05, 3.63) is 63.2 Å². The van der Waals surface area contributed by atoms with Crippen LogP contribution in [0.5, 0.6) is 0 Å². The maximum absolute atomic E-state index is 13.4. The van der Waals surface area contributed by atoms with E-state index in [1.807, 2.05) is 12.1 Å². The summed E-state index contributed by atoms with van der Waals surface area (Å²) in [4.78, 5) is 13.2. The molecular weight excluding hydrogens is 419 g/mol. The summed E-state index contributed by atoms with van der Waals surface area (Å²) in [5.74, 6) is 0.200. The van der Waals surface area contributed by atoms with Crippen molar-refractivity contribution >= 4 is 39.8 Å².